The molecule has 1 atom stereocenters. The van der Waals surface area contributed by atoms with Gasteiger partial charge in [0.25, 0.3) is 0 Å². The summed E-state index contributed by atoms with van der Waals surface area (Å²) in [5.41, 5.74) is 0.170. The predicted molar refractivity (Wildman–Crippen MR) is 78.7 cm³/mol. The molecule has 6 heteroatoms. The summed E-state index contributed by atoms with van der Waals surface area (Å²) in [4.78, 5) is 14.1. The van der Waals surface area contributed by atoms with Gasteiger partial charge in [-0.3, -0.25) is 4.68 Å². The SMILES string of the molecule is CC(C)(C)OC(=O)N1CCCCC1Cn1ccc(CO)n1. The summed E-state index contributed by atoms with van der Waals surface area (Å²) in [6.45, 7) is 6.95. The van der Waals surface area contributed by atoms with E-state index in [1.165, 1.54) is 0 Å². The number of hydrogen-bond acceptors (Lipinski definition) is 4. The average molecular weight is 295 g/mol. The Bertz CT molecular complexity index is 479. The fourth-order valence-corrected chi connectivity index (χ4v) is 2.56. The van der Waals surface area contributed by atoms with Crippen LogP contribution in [0.25, 0.3) is 0 Å². The number of rotatable bonds is 3. The zero-order chi connectivity index (χ0) is 15.5. The van der Waals surface area contributed by atoms with Crippen molar-refractivity contribution < 1.29 is 14.6 Å². The highest BCUT2D eigenvalue weighted by Gasteiger charge is 2.30. The van der Waals surface area contributed by atoms with E-state index in [4.69, 9.17) is 9.84 Å². The first-order chi connectivity index (χ1) is 9.89. The fourth-order valence-electron chi connectivity index (χ4n) is 2.56. The second-order valence-corrected chi connectivity index (χ2v) is 6.51. The van der Waals surface area contributed by atoms with Crippen LogP contribution in [0.1, 0.15) is 45.7 Å². The van der Waals surface area contributed by atoms with E-state index < -0.39 is 5.60 Å². The highest BCUT2D eigenvalue weighted by Crippen LogP contribution is 2.21. The maximum Gasteiger partial charge on any atom is 0.410 e. The smallest absolute Gasteiger partial charge is 0.410 e. The maximum atomic E-state index is 12.3. The van der Waals surface area contributed by atoms with Gasteiger partial charge in [0.05, 0.1) is 24.9 Å². The van der Waals surface area contributed by atoms with Crippen molar-refractivity contribution in [3.63, 3.8) is 0 Å². The van der Waals surface area contributed by atoms with Gasteiger partial charge in [0.15, 0.2) is 0 Å². The molecule has 1 aromatic rings. The quantitative estimate of drug-likeness (QED) is 0.928. The zero-order valence-electron chi connectivity index (χ0n) is 13.1. The normalized spacial score (nSPS) is 19.6. The van der Waals surface area contributed by atoms with Crippen molar-refractivity contribution in [1.29, 1.82) is 0 Å². The highest BCUT2D eigenvalue weighted by atomic mass is 16.6. The molecule has 0 aliphatic carbocycles. The molecule has 118 valence electrons. The minimum Gasteiger partial charge on any atom is -0.444 e. The molecular weight excluding hydrogens is 270 g/mol. The largest absolute Gasteiger partial charge is 0.444 e. The fraction of sp³-hybridized carbons (Fsp3) is 0.733. The Labute approximate surface area is 125 Å². The van der Waals surface area contributed by atoms with E-state index in [1.807, 2.05) is 31.9 Å². The standard InChI is InChI=1S/C15H25N3O3/c1-15(2,3)21-14(20)18-8-5-4-6-13(18)10-17-9-7-12(11-19)16-17/h7,9,13,19H,4-6,8,10-11H2,1-3H3. The van der Waals surface area contributed by atoms with E-state index in [1.54, 1.807) is 10.7 Å². The third-order valence-corrected chi connectivity index (χ3v) is 3.51. The van der Waals surface area contributed by atoms with E-state index in [9.17, 15) is 4.79 Å². The lowest BCUT2D eigenvalue weighted by molar-refractivity contribution is 0.00737. The van der Waals surface area contributed by atoms with Gasteiger partial charge in [0, 0.05) is 12.7 Å². The molecule has 1 fully saturated rings. The molecule has 1 aliphatic heterocycles. The molecule has 2 heterocycles. The lowest BCUT2D eigenvalue weighted by Crippen LogP contribution is -2.47. The first-order valence-electron chi connectivity index (χ1n) is 7.52. The topological polar surface area (TPSA) is 67.6 Å². The van der Waals surface area contributed by atoms with Crippen molar-refractivity contribution in [3.05, 3.63) is 18.0 Å². The molecule has 0 spiro atoms. The highest BCUT2D eigenvalue weighted by molar-refractivity contribution is 5.68. The number of piperidine rings is 1. The van der Waals surface area contributed by atoms with Crippen molar-refractivity contribution in [2.24, 2.45) is 0 Å². The summed E-state index contributed by atoms with van der Waals surface area (Å²) in [5, 5.41) is 13.3. The van der Waals surface area contributed by atoms with Crippen LogP contribution in [0.3, 0.4) is 0 Å². The van der Waals surface area contributed by atoms with Crippen LogP contribution in [0.4, 0.5) is 4.79 Å². The number of hydrogen-bond donors (Lipinski definition) is 1. The molecular formula is C15H25N3O3. The van der Waals surface area contributed by atoms with Crippen LogP contribution in [0.15, 0.2) is 12.3 Å². The number of carbonyl (C=O) groups excluding carboxylic acids is 1. The van der Waals surface area contributed by atoms with Crippen LogP contribution >= 0.6 is 0 Å². The van der Waals surface area contributed by atoms with E-state index in [0.29, 0.717) is 12.2 Å². The number of carbonyl (C=O) groups is 1. The van der Waals surface area contributed by atoms with Gasteiger partial charge in [0.2, 0.25) is 0 Å². The van der Waals surface area contributed by atoms with Gasteiger partial charge in [-0.2, -0.15) is 5.10 Å². The summed E-state index contributed by atoms with van der Waals surface area (Å²) >= 11 is 0. The van der Waals surface area contributed by atoms with Crippen molar-refractivity contribution in [2.75, 3.05) is 6.54 Å². The summed E-state index contributed by atoms with van der Waals surface area (Å²) in [6, 6.07) is 1.89. The molecule has 0 bridgehead atoms. The summed E-state index contributed by atoms with van der Waals surface area (Å²) < 4.78 is 7.28. The van der Waals surface area contributed by atoms with Crippen LogP contribution < -0.4 is 0 Å². The van der Waals surface area contributed by atoms with E-state index in [-0.39, 0.29) is 18.7 Å². The Kier molecular flexibility index (Phi) is 4.88. The number of nitrogens with zero attached hydrogens (tertiary/aromatic N) is 3. The monoisotopic (exact) mass is 295 g/mol. The Balaban J connectivity index is 2.02. The van der Waals surface area contributed by atoms with Gasteiger partial charge >= 0.3 is 6.09 Å². The van der Waals surface area contributed by atoms with Crippen LogP contribution in [0.5, 0.6) is 0 Å². The van der Waals surface area contributed by atoms with Crippen LogP contribution in [0, 0.1) is 0 Å². The van der Waals surface area contributed by atoms with Crippen molar-refractivity contribution in [1.82, 2.24) is 14.7 Å². The maximum absolute atomic E-state index is 12.3. The molecule has 1 N–H and O–H groups in total. The lowest BCUT2D eigenvalue weighted by atomic mass is 10.0. The molecule has 0 radical (unpaired) electrons. The van der Waals surface area contributed by atoms with E-state index in [2.05, 4.69) is 5.10 Å². The third-order valence-electron chi connectivity index (χ3n) is 3.51. The molecule has 1 amide bonds. The molecule has 0 aromatic carbocycles. The van der Waals surface area contributed by atoms with Crippen molar-refractivity contribution >= 4 is 6.09 Å². The van der Waals surface area contributed by atoms with Gasteiger partial charge in [-0.25, -0.2) is 4.79 Å². The number of aliphatic hydroxyl groups is 1. The average Bonchev–Trinajstić information content (AvgIpc) is 2.85. The second kappa shape index (κ2) is 6.47. The molecule has 6 nitrogen and oxygen atoms in total. The van der Waals surface area contributed by atoms with Gasteiger partial charge in [-0.1, -0.05) is 0 Å². The first kappa shape index (κ1) is 15.8. The number of ether oxygens (including phenoxy) is 1. The van der Waals surface area contributed by atoms with Gasteiger partial charge in [-0.15, -0.1) is 0 Å². The zero-order valence-corrected chi connectivity index (χ0v) is 13.1. The minimum atomic E-state index is -0.477. The van der Waals surface area contributed by atoms with Gasteiger partial charge in [0.1, 0.15) is 5.60 Å². The minimum absolute atomic E-state index is 0.0621. The number of aliphatic hydroxyl groups excluding tert-OH is 1. The summed E-state index contributed by atoms with van der Waals surface area (Å²) in [7, 11) is 0. The van der Waals surface area contributed by atoms with E-state index >= 15 is 0 Å². The van der Waals surface area contributed by atoms with E-state index in [0.717, 1.165) is 25.8 Å². The number of aromatic nitrogens is 2. The second-order valence-electron chi connectivity index (χ2n) is 6.51. The Morgan fingerprint density at radius 1 is 1.48 bits per heavy atom. The van der Waals surface area contributed by atoms with Crippen LogP contribution in [-0.2, 0) is 17.9 Å². The molecule has 1 unspecified atom stereocenters. The van der Waals surface area contributed by atoms with Crippen LogP contribution in [0.2, 0.25) is 0 Å². The Hall–Kier alpha value is -1.56. The summed E-state index contributed by atoms with van der Waals surface area (Å²) in [5.74, 6) is 0. The number of likely N-dealkylation sites (tertiary alicyclic amines) is 1. The molecule has 1 aliphatic rings. The Morgan fingerprint density at radius 2 is 2.24 bits per heavy atom. The molecule has 1 saturated heterocycles. The molecule has 0 saturated carbocycles. The van der Waals surface area contributed by atoms with Crippen molar-refractivity contribution in [3.8, 4) is 0 Å². The third kappa shape index (κ3) is 4.46. The van der Waals surface area contributed by atoms with Gasteiger partial charge in [-0.05, 0) is 46.1 Å². The van der Waals surface area contributed by atoms with Crippen LogP contribution in [-0.4, -0.2) is 44.1 Å². The molecule has 21 heavy (non-hydrogen) atoms. The Morgan fingerprint density at radius 3 is 2.86 bits per heavy atom. The molecule has 1 aromatic heterocycles. The summed E-state index contributed by atoms with van der Waals surface area (Å²) in [6.07, 6.45) is 4.66. The number of amides is 1. The molecule has 2 rings (SSSR count). The van der Waals surface area contributed by atoms with Gasteiger partial charge < -0.3 is 14.7 Å². The lowest BCUT2D eigenvalue weighted by Gasteiger charge is -2.36. The predicted octanol–water partition coefficient (Wildman–Crippen LogP) is 2.17. The van der Waals surface area contributed by atoms with Crippen molar-refractivity contribution in [2.45, 2.75) is 64.8 Å². The first-order valence-corrected chi connectivity index (χ1v) is 7.52.